The molecule has 3 N–H and O–H groups in total. The standard InChI is InChI=1S/C6H6N2O2/c1-2-3-4-5(9)8-6(10)7-4/h1,9H,3H2,(H2,7,8,10). The highest BCUT2D eigenvalue weighted by Gasteiger charge is 2.01. The highest BCUT2D eigenvalue weighted by molar-refractivity contribution is 5.20. The molecule has 1 rings (SSSR count). The van der Waals surface area contributed by atoms with Crippen LogP contribution in [-0.4, -0.2) is 15.1 Å². The van der Waals surface area contributed by atoms with Gasteiger partial charge in [0.05, 0.1) is 12.1 Å². The molecule has 0 unspecified atom stereocenters. The summed E-state index contributed by atoms with van der Waals surface area (Å²) >= 11 is 0. The third-order valence-electron chi connectivity index (χ3n) is 1.06. The number of nitrogens with one attached hydrogen (secondary N) is 2. The van der Waals surface area contributed by atoms with Crippen LogP contribution in [0.25, 0.3) is 0 Å². The van der Waals surface area contributed by atoms with Crippen molar-refractivity contribution in [3.8, 4) is 18.2 Å². The van der Waals surface area contributed by atoms with Crippen LogP contribution in [0.2, 0.25) is 0 Å². The number of terminal acetylenes is 1. The van der Waals surface area contributed by atoms with Crippen LogP contribution in [0.5, 0.6) is 5.88 Å². The summed E-state index contributed by atoms with van der Waals surface area (Å²) in [7, 11) is 0. The maximum absolute atomic E-state index is 10.4. The lowest BCUT2D eigenvalue weighted by Gasteiger charge is -1.86. The summed E-state index contributed by atoms with van der Waals surface area (Å²) in [6.45, 7) is 0. The van der Waals surface area contributed by atoms with E-state index in [9.17, 15) is 4.79 Å². The molecule has 1 heterocycles. The summed E-state index contributed by atoms with van der Waals surface area (Å²) in [5.41, 5.74) is -0.0877. The first-order chi connectivity index (χ1) is 4.74. The van der Waals surface area contributed by atoms with Gasteiger partial charge in [-0.15, -0.1) is 12.3 Å². The van der Waals surface area contributed by atoms with E-state index in [0.29, 0.717) is 5.69 Å². The Morgan fingerprint density at radius 1 is 1.60 bits per heavy atom. The molecule has 0 radical (unpaired) electrons. The number of rotatable bonds is 1. The molecule has 0 aromatic carbocycles. The summed E-state index contributed by atoms with van der Waals surface area (Å²) < 4.78 is 0. The Labute approximate surface area is 56.9 Å². The maximum Gasteiger partial charge on any atom is 0.325 e. The third-order valence-corrected chi connectivity index (χ3v) is 1.06. The first-order valence-corrected chi connectivity index (χ1v) is 2.67. The predicted molar refractivity (Wildman–Crippen MR) is 35.6 cm³/mol. The second-order valence-electron chi connectivity index (χ2n) is 1.79. The van der Waals surface area contributed by atoms with Gasteiger partial charge in [-0.3, -0.25) is 4.98 Å². The van der Waals surface area contributed by atoms with Gasteiger partial charge in [-0.1, -0.05) is 0 Å². The van der Waals surface area contributed by atoms with Gasteiger partial charge in [0.15, 0.2) is 0 Å². The van der Waals surface area contributed by atoms with E-state index >= 15 is 0 Å². The topological polar surface area (TPSA) is 68.9 Å². The van der Waals surface area contributed by atoms with Gasteiger partial charge in [0.25, 0.3) is 0 Å². The Kier molecular flexibility index (Phi) is 1.50. The van der Waals surface area contributed by atoms with Crippen LogP contribution >= 0.6 is 0 Å². The van der Waals surface area contributed by atoms with Crippen LogP contribution < -0.4 is 5.69 Å². The van der Waals surface area contributed by atoms with Gasteiger partial charge in [-0.2, -0.15) is 0 Å². The molecule has 0 aliphatic rings. The van der Waals surface area contributed by atoms with E-state index in [2.05, 4.69) is 15.9 Å². The average Bonchev–Trinajstić information content (AvgIpc) is 2.13. The molecule has 0 bridgehead atoms. The van der Waals surface area contributed by atoms with Crippen molar-refractivity contribution in [3.05, 3.63) is 16.2 Å². The summed E-state index contributed by atoms with van der Waals surface area (Å²) in [5.74, 6) is 2.11. The highest BCUT2D eigenvalue weighted by atomic mass is 16.3. The molecule has 1 aromatic heterocycles. The zero-order chi connectivity index (χ0) is 7.56. The van der Waals surface area contributed by atoms with Gasteiger partial charge in [0.2, 0.25) is 5.88 Å². The minimum atomic E-state index is -0.442. The van der Waals surface area contributed by atoms with E-state index in [4.69, 9.17) is 11.5 Å². The fourth-order valence-electron chi connectivity index (χ4n) is 0.640. The van der Waals surface area contributed by atoms with Crippen LogP contribution in [0, 0.1) is 12.3 Å². The first-order valence-electron chi connectivity index (χ1n) is 2.67. The van der Waals surface area contributed by atoms with E-state index in [1.807, 2.05) is 0 Å². The fourth-order valence-corrected chi connectivity index (χ4v) is 0.640. The number of aromatic hydroxyl groups is 1. The maximum atomic E-state index is 10.4. The quantitative estimate of drug-likeness (QED) is 0.461. The molecule has 0 spiro atoms. The second kappa shape index (κ2) is 2.31. The molecule has 1 aromatic rings. The van der Waals surface area contributed by atoms with Crippen molar-refractivity contribution >= 4 is 0 Å². The van der Waals surface area contributed by atoms with E-state index in [1.54, 1.807) is 0 Å². The lowest BCUT2D eigenvalue weighted by atomic mass is 10.3. The Balaban J connectivity index is 3.06. The Bertz CT molecular complexity index is 315. The summed E-state index contributed by atoms with van der Waals surface area (Å²) in [6.07, 6.45) is 5.17. The Hall–Kier alpha value is -1.63. The van der Waals surface area contributed by atoms with Gasteiger partial charge in [0.1, 0.15) is 0 Å². The number of H-pyrrole nitrogens is 2. The summed E-state index contributed by atoms with van der Waals surface area (Å²) in [6, 6.07) is 0. The van der Waals surface area contributed by atoms with Crippen molar-refractivity contribution in [1.29, 1.82) is 0 Å². The second-order valence-corrected chi connectivity index (χ2v) is 1.79. The van der Waals surface area contributed by atoms with Crippen molar-refractivity contribution in [2.24, 2.45) is 0 Å². The summed E-state index contributed by atoms with van der Waals surface area (Å²) in [5, 5.41) is 8.88. The first kappa shape index (κ1) is 6.49. The molecule has 10 heavy (non-hydrogen) atoms. The van der Waals surface area contributed by atoms with Crippen LogP contribution in [0.3, 0.4) is 0 Å². The molecule has 0 aliphatic heterocycles. The highest BCUT2D eigenvalue weighted by Crippen LogP contribution is 2.06. The molecule has 0 saturated heterocycles. The zero-order valence-corrected chi connectivity index (χ0v) is 5.14. The van der Waals surface area contributed by atoms with Gasteiger partial charge in [-0.05, 0) is 0 Å². The molecule has 4 heteroatoms. The summed E-state index contributed by atoms with van der Waals surface area (Å²) in [4.78, 5) is 14.9. The van der Waals surface area contributed by atoms with Gasteiger partial charge < -0.3 is 10.1 Å². The largest absolute Gasteiger partial charge is 0.493 e. The molecule has 0 aliphatic carbocycles. The minimum Gasteiger partial charge on any atom is -0.493 e. The zero-order valence-electron chi connectivity index (χ0n) is 5.14. The van der Waals surface area contributed by atoms with E-state index < -0.39 is 5.69 Å². The van der Waals surface area contributed by atoms with E-state index in [1.165, 1.54) is 0 Å². The molecular formula is C6H6N2O2. The lowest BCUT2D eigenvalue weighted by Crippen LogP contribution is -2.00. The van der Waals surface area contributed by atoms with Crippen molar-refractivity contribution in [2.75, 3.05) is 0 Å². The van der Waals surface area contributed by atoms with Crippen molar-refractivity contribution in [2.45, 2.75) is 6.42 Å². The van der Waals surface area contributed by atoms with Crippen LogP contribution in [0.1, 0.15) is 5.69 Å². The van der Waals surface area contributed by atoms with Crippen LogP contribution in [0.15, 0.2) is 4.79 Å². The SMILES string of the molecule is C#CCc1[nH]c(=O)[nH]c1O. The molecule has 0 fully saturated rings. The van der Waals surface area contributed by atoms with Gasteiger partial charge in [0, 0.05) is 0 Å². The minimum absolute atomic E-state index is 0.178. The van der Waals surface area contributed by atoms with Crippen molar-refractivity contribution in [3.63, 3.8) is 0 Å². The third kappa shape index (κ3) is 1.03. The predicted octanol–water partition coefficient (Wildman–Crippen LogP) is -0.416. The Morgan fingerprint density at radius 2 is 2.30 bits per heavy atom. The van der Waals surface area contributed by atoms with Gasteiger partial charge >= 0.3 is 5.69 Å². The van der Waals surface area contributed by atoms with Crippen LogP contribution in [-0.2, 0) is 6.42 Å². The van der Waals surface area contributed by atoms with E-state index in [-0.39, 0.29) is 12.3 Å². The molecule has 0 amide bonds. The Morgan fingerprint density at radius 3 is 2.70 bits per heavy atom. The van der Waals surface area contributed by atoms with Gasteiger partial charge in [-0.25, -0.2) is 4.79 Å². The van der Waals surface area contributed by atoms with Crippen LogP contribution in [0.4, 0.5) is 0 Å². The number of aromatic amines is 2. The average molecular weight is 138 g/mol. The molecule has 4 nitrogen and oxygen atoms in total. The number of hydrogen-bond donors (Lipinski definition) is 3. The fraction of sp³-hybridized carbons (Fsp3) is 0.167. The molecule has 0 atom stereocenters. The van der Waals surface area contributed by atoms with E-state index in [0.717, 1.165) is 0 Å². The normalized spacial score (nSPS) is 9.10. The lowest BCUT2D eigenvalue weighted by molar-refractivity contribution is 0.450. The molecule has 52 valence electrons. The molecule has 0 saturated carbocycles. The van der Waals surface area contributed by atoms with Crippen molar-refractivity contribution in [1.82, 2.24) is 9.97 Å². The number of imidazole rings is 1. The monoisotopic (exact) mass is 138 g/mol. The number of hydrogen-bond acceptors (Lipinski definition) is 2. The number of aromatic nitrogens is 2. The van der Waals surface area contributed by atoms with Crippen molar-refractivity contribution < 1.29 is 5.11 Å². The smallest absolute Gasteiger partial charge is 0.325 e. The molecular weight excluding hydrogens is 132 g/mol.